The van der Waals surface area contributed by atoms with E-state index in [0.717, 1.165) is 17.0 Å². The number of amides is 2. The van der Waals surface area contributed by atoms with E-state index in [2.05, 4.69) is 0 Å². The molecule has 0 radical (unpaired) electrons. The maximum atomic E-state index is 13.2. The zero-order valence-corrected chi connectivity index (χ0v) is 16.8. The number of anilines is 1. The minimum Gasteiger partial charge on any atom is -0.497 e. The normalized spacial score (nSPS) is 12.5. The number of ether oxygens (including phenoxy) is 2. The molecule has 7 nitrogen and oxygen atoms in total. The minimum atomic E-state index is -0.815. The number of methoxy groups -OCH3 is 1. The summed E-state index contributed by atoms with van der Waals surface area (Å²) in [6.07, 6.45) is 0. The first-order valence-electron chi connectivity index (χ1n) is 9.52. The predicted molar refractivity (Wildman–Crippen MR) is 112 cm³/mol. The highest BCUT2D eigenvalue weighted by Crippen LogP contribution is 2.29. The Morgan fingerprint density at radius 2 is 1.59 bits per heavy atom. The van der Waals surface area contributed by atoms with Gasteiger partial charge in [0.05, 0.1) is 29.5 Å². The SMILES string of the molecule is COc1cccc(C(=O)COC(=O)c2ccc3c(c2)C(=O)N(c2ccc(F)cc2)C3=O)c1. The van der Waals surface area contributed by atoms with Gasteiger partial charge in [-0.2, -0.15) is 0 Å². The van der Waals surface area contributed by atoms with Gasteiger partial charge in [0, 0.05) is 5.56 Å². The van der Waals surface area contributed by atoms with Crippen molar-refractivity contribution in [2.24, 2.45) is 0 Å². The van der Waals surface area contributed by atoms with Gasteiger partial charge in [0.2, 0.25) is 0 Å². The molecule has 0 atom stereocenters. The van der Waals surface area contributed by atoms with Crippen LogP contribution in [0.4, 0.5) is 10.1 Å². The molecular weight excluding hydrogens is 417 g/mol. The summed E-state index contributed by atoms with van der Waals surface area (Å²) in [6, 6.07) is 15.3. The Morgan fingerprint density at radius 1 is 0.875 bits per heavy atom. The van der Waals surface area contributed by atoms with Crippen LogP contribution >= 0.6 is 0 Å². The number of esters is 1. The number of fused-ring (bicyclic) bond motifs is 1. The number of ketones is 1. The van der Waals surface area contributed by atoms with E-state index in [1.165, 1.54) is 43.5 Å². The van der Waals surface area contributed by atoms with Gasteiger partial charge in [-0.1, -0.05) is 12.1 Å². The molecule has 1 heterocycles. The molecule has 0 aromatic heterocycles. The summed E-state index contributed by atoms with van der Waals surface area (Å²) in [5, 5.41) is 0. The maximum absolute atomic E-state index is 13.2. The van der Waals surface area contributed by atoms with Crippen LogP contribution in [-0.4, -0.2) is 37.3 Å². The van der Waals surface area contributed by atoms with E-state index in [9.17, 15) is 23.6 Å². The molecule has 0 saturated heterocycles. The summed E-state index contributed by atoms with van der Waals surface area (Å²) in [5.74, 6) is -2.46. The molecule has 0 bridgehead atoms. The monoisotopic (exact) mass is 433 g/mol. The Balaban J connectivity index is 1.49. The maximum Gasteiger partial charge on any atom is 0.338 e. The van der Waals surface area contributed by atoms with Gasteiger partial charge in [0.25, 0.3) is 11.8 Å². The van der Waals surface area contributed by atoms with Crippen molar-refractivity contribution in [1.82, 2.24) is 0 Å². The van der Waals surface area contributed by atoms with E-state index < -0.39 is 36.0 Å². The van der Waals surface area contributed by atoms with Crippen molar-refractivity contribution >= 4 is 29.3 Å². The molecule has 160 valence electrons. The number of benzene rings is 3. The number of nitrogens with zero attached hydrogens (tertiary/aromatic N) is 1. The second-order valence-electron chi connectivity index (χ2n) is 6.91. The quantitative estimate of drug-likeness (QED) is 0.335. The standard InChI is InChI=1S/C24H16FNO6/c1-31-18-4-2-3-14(11-18)21(27)13-32-24(30)15-5-10-19-20(12-15)23(29)26(22(19)28)17-8-6-16(25)7-9-17/h2-12H,13H2,1H3. The van der Waals surface area contributed by atoms with Crippen LogP contribution < -0.4 is 9.64 Å². The van der Waals surface area contributed by atoms with Crippen molar-refractivity contribution in [2.75, 3.05) is 18.6 Å². The molecule has 1 aliphatic rings. The predicted octanol–water partition coefficient (Wildman–Crippen LogP) is 3.67. The topological polar surface area (TPSA) is 90.0 Å². The van der Waals surface area contributed by atoms with Gasteiger partial charge in [-0.3, -0.25) is 14.4 Å². The molecular formula is C24H16FNO6. The van der Waals surface area contributed by atoms with Crippen LogP contribution in [-0.2, 0) is 4.74 Å². The summed E-state index contributed by atoms with van der Waals surface area (Å²) in [7, 11) is 1.47. The molecule has 8 heteroatoms. The lowest BCUT2D eigenvalue weighted by atomic mass is 10.1. The Kier molecular flexibility index (Phi) is 5.51. The van der Waals surface area contributed by atoms with Crippen molar-refractivity contribution in [3.63, 3.8) is 0 Å². The summed E-state index contributed by atoms with van der Waals surface area (Å²) in [5.41, 5.74) is 0.688. The van der Waals surface area contributed by atoms with E-state index >= 15 is 0 Å². The first-order chi connectivity index (χ1) is 15.4. The van der Waals surface area contributed by atoms with Crippen LogP contribution in [0.1, 0.15) is 41.4 Å². The molecule has 0 spiro atoms. The molecule has 1 aliphatic heterocycles. The van der Waals surface area contributed by atoms with E-state index in [0.29, 0.717) is 11.3 Å². The second-order valence-corrected chi connectivity index (χ2v) is 6.91. The van der Waals surface area contributed by atoms with Gasteiger partial charge in [-0.25, -0.2) is 14.1 Å². The molecule has 0 fully saturated rings. The lowest BCUT2D eigenvalue weighted by molar-refractivity contribution is 0.0474. The zero-order chi connectivity index (χ0) is 22.8. The van der Waals surface area contributed by atoms with Gasteiger partial charge < -0.3 is 9.47 Å². The number of halogens is 1. The summed E-state index contributed by atoms with van der Waals surface area (Å²) in [6.45, 7) is -0.502. The Morgan fingerprint density at radius 3 is 2.31 bits per heavy atom. The molecule has 3 aromatic carbocycles. The summed E-state index contributed by atoms with van der Waals surface area (Å²) >= 11 is 0. The third-order valence-corrected chi connectivity index (χ3v) is 4.93. The van der Waals surface area contributed by atoms with Crippen molar-refractivity contribution in [3.05, 3.63) is 94.8 Å². The molecule has 0 unspecified atom stereocenters. The van der Waals surface area contributed by atoms with E-state index in [-0.39, 0.29) is 22.4 Å². The lowest BCUT2D eigenvalue weighted by Crippen LogP contribution is -2.29. The molecule has 4 rings (SSSR count). The van der Waals surface area contributed by atoms with Gasteiger partial charge in [0.15, 0.2) is 12.4 Å². The molecule has 0 N–H and O–H groups in total. The van der Waals surface area contributed by atoms with Crippen LogP contribution in [0.15, 0.2) is 66.7 Å². The van der Waals surface area contributed by atoms with Gasteiger partial charge in [0.1, 0.15) is 11.6 Å². The zero-order valence-electron chi connectivity index (χ0n) is 16.8. The number of imide groups is 1. The highest BCUT2D eigenvalue weighted by molar-refractivity contribution is 6.34. The number of rotatable bonds is 6. The van der Waals surface area contributed by atoms with Gasteiger partial charge in [-0.05, 0) is 54.6 Å². The number of carbonyl (C=O) groups is 4. The third kappa shape index (κ3) is 3.85. The molecule has 3 aromatic rings. The number of hydrogen-bond acceptors (Lipinski definition) is 6. The average Bonchev–Trinajstić information content (AvgIpc) is 3.07. The van der Waals surface area contributed by atoms with Crippen molar-refractivity contribution in [1.29, 1.82) is 0 Å². The highest BCUT2D eigenvalue weighted by atomic mass is 19.1. The average molecular weight is 433 g/mol. The first-order valence-corrected chi connectivity index (χ1v) is 9.52. The van der Waals surface area contributed by atoms with Crippen molar-refractivity contribution in [2.45, 2.75) is 0 Å². The highest BCUT2D eigenvalue weighted by Gasteiger charge is 2.37. The third-order valence-electron chi connectivity index (χ3n) is 4.93. The number of carbonyl (C=O) groups excluding carboxylic acids is 4. The van der Waals surface area contributed by atoms with Crippen molar-refractivity contribution in [3.8, 4) is 5.75 Å². The van der Waals surface area contributed by atoms with E-state index in [1.54, 1.807) is 18.2 Å². The first kappa shape index (κ1) is 20.9. The van der Waals surface area contributed by atoms with Crippen LogP contribution in [0.2, 0.25) is 0 Å². The summed E-state index contributed by atoms with van der Waals surface area (Å²) < 4.78 is 23.3. The fraction of sp³-hybridized carbons (Fsp3) is 0.0833. The van der Waals surface area contributed by atoms with E-state index in [4.69, 9.17) is 9.47 Å². The van der Waals surface area contributed by atoms with Crippen LogP contribution in [0.25, 0.3) is 0 Å². The molecule has 2 amide bonds. The second kappa shape index (κ2) is 8.43. The fourth-order valence-corrected chi connectivity index (χ4v) is 3.29. The number of hydrogen-bond donors (Lipinski definition) is 0. The van der Waals surface area contributed by atoms with Crippen LogP contribution in [0.3, 0.4) is 0 Å². The van der Waals surface area contributed by atoms with Crippen LogP contribution in [0.5, 0.6) is 5.75 Å². The lowest BCUT2D eigenvalue weighted by Gasteiger charge is -2.13. The minimum absolute atomic E-state index is 0.0179. The van der Waals surface area contributed by atoms with E-state index in [1.807, 2.05) is 0 Å². The molecule has 32 heavy (non-hydrogen) atoms. The Bertz CT molecular complexity index is 1250. The fourth-order valence-electron chi connectivity index (χ4n) is 3.29. The molecule has 0 saturated carbocycles. The number of Topliss-reactive ketones (excluding diaryl/α,β-unsaturated/α-hetero) is 1. The Labute approximate surface area is 182 Å². The molecule has 0 aliphatic carbocycles. The largest absolute Gasteiger partial charge is 0.497 e. The van der Waals surface area contributed by atoms with Gasteiger partial charge >= 0.3 is 5.97 Å². The summed E-state index contributed by atoms with van der Waals surface area (Å²) in [4.78, 5) is 51.0. The van der Waals surface area contributed by atoms with Crippen molar-refractivity contribution < 1.29 is 33.0 Å². The Hall–Kier alpha value is -4.33. The smallest absolute Gasteiger partial charge is 0.338 e. The van der Waals surface area contributed by atoms with Gasteiger partial charge in [-0.15, -0.1) is 0 Å². The van der Waals surface area contributed by atoms with Crippen LogP contribution in [0, 0.1) is 5.82 Å².